The fourth-order valence-electron chi connectivity index (χ4n) is 3.07. The van der Waals surface area contributed by atoms with Crippen molar-refractivity contribution >= 4 is 33.4 Å². The third kappa shape index (κ3) is 2.92. The highest BCUT2D eigenvalue weighted by Gasteiger charge is 2.66. The summed E-state index contributed by atoms with van der Waals surface area (Å²) in [5.74, 6) is -11.1. The van der Waals surface area contributed by atoms with E-state index in [1.54, 1.807) is 0 Å². The number of alkyl halides is 4. The molecule has 8 nitrogen and oxygen atoms in total. The van der Waals surface area contributed by atoms with E-state index >= 15 is 0 Å². The third-order valence-electron chi connectivity index (χ3n) is 4.56. The Bertz CT molecular complexity index is 790. The molecule has 0 aromatic heterocycles. The summed E-state index contributed by atoms with van der Waals surface area (Å²) in [5, 5.41) is -5.83. The monoisotopic (exact) mass is 404 g/mol. The molecule has 0 spiro atoms. The molecule has 2 aliphatic rings. The normalized spacial score (nSPS) is 26.3. The van der Waals surface area contributed by atoms with Crippen molar-refractivity contribution in [2.45, 2.75) is 36.9 Å². The quantitative estimate of drug-likeness (QED) is 0.214. The van der Waals surface area contributed by atoms with Gasteiger partial charge in [0.25, 0.3) is 5.78 Å². The van der Waals surface area contributed by atoms with E-state index in [2.05, 4.69) is 4.74 Å². The van der Waals surface area contributed by atoms with Crippen LogP contribution < -0.4 is 0 Å². The van der Waals surface area contributed by atoms with Gasteiger partial charge in [-0.05, 0) is 19.3 Å². The Morgan fingerprint density at radius 2 is 1.81 bits per heavy atom. The molecule has 2 fully saturated rings. The molecule has 1 N–H and O–H groups in total. The Morgan fingerprint density at radius 3 is 2.27 bits per heavy atom. The molecule has 0 heterocycles. The van der Waals surface area contributed by atoms with Gasteiger partial charge >= 0.3 is 27.3 Å². The first-order chi connectivity index (χ1) is 11.7. The lowest BCUT2D eigenvalue weighted by Crippen LogP contribution is -2.47. The number of carbonyl (C=O) groups is 4. The average Bonchev–Trinajstić information content (AvgIpc) is 3.05. The Balaban J connectivity index is 2.01. The van der Waals surface area contributed by atoms with Crippen molar-refractivity contribution in [3.05, 3.63) is 0 Å². The molecule has 0 amide bonds. The molecule has 2 bridgehead atoms. The highest BCUT2D eigenvalue weighted by Crippen LogP contribution is 2.50. The Labute approximate surface area is 143 Å². The fraction of sp³-hybridized carbons (Fsp3) is 0.692. The van der Waals surface area contributed by atoms with Gasteiger partial charge in [0.15, 0.2) is 0 Å². The van der Waals surface area contributed by atoms with E-state index < -0.39 is 69.0 Å². The van der Waals surface area contributed by atoms with Gasteiger partial charge in [-0.2, -0.15) is 26.0 Å². The molecular weight excluding hydrogens is 392 g/mol. The van der Waals surface area contributed by atoms with E-state index in [1.165, 1.54) is 0 Å². The van der Waals surface area contributed by atoms with Crippen LogP contribution in [-0.2, 0) is 34.0 Å². The molecule has 2 atom stereocenters. The van der Waals surface area contributed by atoms with Crippen molar-refractivity contribution in [2.24, 2.45) is 11.3 Å². The molecule has 26 heavy (non-hydrogen) atoms. The van der Waals surface area contributed by atoms with Crippen molar-refractivity contribution in [3.63, 3.8) is 0 Å². The van der Waals surface area contributed by atoms with Gasteiger partial charge in [0.2, 0.25) is 11.6 Å². The van der Waals surface area contributed by atoms with Crippen molar-refractivity contribution < 1.29 is 54.4 Å². The summed E-state index contributed by atoms with van der Waals surface area (Å²) in [7, 11) is -6.43. The van der Waals surface area contributed by atoms with Crippen LogP contribution in [0.2, 0.25) is 0 Å². The van der Waals surface area contributed by atoms with Crippen LogP contribution in [0.4, 0.5) is 17.6 Å². The number of Topliss-reactive ketones (excluding diaryl/α,β-unsaturated/α-hetero) is 3. The van der Waals surface area contributed by atoms with E-state index in [1.807, 2.05) is 0 Å². The van der Waals surface area contributed by atoms with E-state index in [4.69, 9.17) is 4.55 Å². The Kier molecular flexibility index (Phi) is 4.77. The van der Waals surface area contributed by atoms with Crippen molar-refractivity contribution in [1.82, 2.24) is 0 Å². The maximum absolute atomic E-state index is 13.2. The van der Waals surface area contributed by atoms with Crippen molar-refractivity contribution in [2.75, 3.05) is 6.61 Å². The van der Waals surface area contributed by atoms with Gasteiger partial charge in [0, 0.05) is 5.92 Å². The number of hydrogen-bond acceptors (Lipinski definition) is 7. The molecule has 2 unspecified atom stereocenters. The standard InChI is InChI=1S/C13H12F4O8S/c14-12(15,13(16,17)26(22,23)24)3-4-25-10(21)9(20)11-2-1-6(5-11)7(18)8(11)19/h6H,1-5H2,(H,22,23,24). The number of esters is 1. The number of ether oxygens (including phenoxy) is 1. The van der Waals surface area contributed by atoms with Crippen molar-refractivity contribution in [3.8, 4) is 0 Å². The molecule has 0 aromatic rings. The second-order valence-electron chi connectivity index (χ2n) is 6.13. The largest absolute Gasteiger partial charge is 0.460 e. The predicted molar refractivity (Wildman–Crippen MR) is 71.8 cm³/mol. The van der Waals surface area contributed by atoms with Gasteiger partial charge in [-0.1, -0.05) is 0 Å². The lowest BCUT2D eigenvalue weighted by atomic mass is 9.79. The molecule has 2 aliphatic carbocycles. The highest BCUT2D eigenvalue weighted by atomic mass is 32.2. The number of hydrogen-bond donors (Lipinski definition) is 1. The highest BCUT2D eigenvalue weighted by molar-refractivity contribution is 7.87. The van der Waals surface area contributed by atoms with E-state index in [-0.39, 0.29) is 19.3 Å². The van der Waals surface area contributed by atoms with Gasteiger partial charge in [0.05, 0.1) is 13.0 Å². The Hall–Kier alpha value is -1.89. The lowest BCUT2D eigenvalue weighted by molar-refractivity contribution is -0.177. The van der Waals surface area contributed by atoms with Crippen LogP contribution >= 0.6 is 0 Å². The molecule has 146 valence electrons. The smallest absolute Gasteiger partial charge is 0.431 e. The molecule has 2 rings (SSSR count). The summed E-state index contributed by atoms with van der Waals surface area (Å²) in [4.78, 5) is 47.1. The SMILES string of the molecule is O=C(OCCC(F)(F)C(F)(F)S(=O)(=O)O)C(=O)C12CCC(C1)C(=O)C2=O. The molecular formula is C13H12F4O8S. The average molecular weight is 404 g/mol. The first-order valence-electron chi connectivity index (χ1n) is 7.20. The van der Waals surface area contributed by atoms with Crippen molar-refractivity contribution in [1.29, 1.82) is 0 Å². The van der Waals surface area contributed by atoms with Crippen LogP contribution in [0.1, 0.15) is 25.7 Å². The first kappa shape index (κ1) is 20.4. The fourth-order valence-corrected chi connectivity index (χ4v) is 3.55. The molecule has 2 saturated carbocycles. The molecule has 0 aliphatic heterocycles. The van der Waals surface area contributed by atoms with Crippen LogP contribution in [0.3, 0.4) is 0 Å². The number of carbonyl (C=O) groups excluding carboxylic acids is 4. The van der Waals surface area contributed by atoms with E-state index in [0.717, 1.165) is 0 Å². The Morgan fingerprint density at radius 1 is 1.23 bits per heavy atom. The summed E-state index contributed by atoms with van der Waals surface area (Å²) in [6.07, 6.45) is -2.10. The molecule has 0 saturated heterocycles. The zero-order chi connectivity index (χ0) is 20.1. The summed E-state index contributed by atoms with van der Waals surface area (Å²) >= 11 is 0. The second kappa shape index (κ2) is 6.08. The zero-order valence-electron chi connectivity index (χ0n) is 12.8. The van der Waals surface area contributed by atoms with Crippen LogP contribution in [0.15, 0.2) is 0 Å². The molecule has 13 heteroatoms. The van der Waals surface area contributed by atoms with Gasteiger partial charge in [0.1, 0.15) is 5.41 Å². The van der Waals surface area contributed by atoms with E-state index in [9.17, 15) is 45.2 Å². The first-order valence-corrected chi connectivity index (χ1v) is 8.64. The van der Waals surface area contributed by atoms with Gasteiger partial charge < -0.3 is 4.74 Å². The maximum atomic E-state index is 13.2. The van der Waals surface area contributed by atoms with Crippen LogP contribution in [0, 0.1) is 11.3 Å². The summed E-state index contributed by atoms with van der Waals surface area (Å²) in [6.45, 7) is -1.48. The minimum atomic E-state index is -6.43. The van der Waals surface area contributed by atoms with E-state index in [0.29, 0.717) is 0 Å². The van der Waals surface area contributed by atoms with Gasteiger partial charge in [-0.15, -0.1) is 0 Å². The molecule has 0 aromatic carbocycles. The second-order valence-corrected chi connectivity index (χ2v) is 7.59. The minimum Gasteiger partial charge on any atom is -0.460 e. The van der Waals surface area contributed by atoms with Crippen LogP contribution in [-0.4, -0.2) is 54.1 Å². The van der Waals surface area contributed by atoms with Crippen LogP contribution in [0.5, 0.6) is 0 Å². The summed E-state index contributed by atoms with van der Waals surface area (Å²) in [6, 6.07) is 0. The summed E-state index contributed by atoms with van der Waals surface area (Å²) in [5.41, 5.74) is -1.90. The lowest BCUT2D eigenvalue weighted by Gasteiger charge is -2.24. The van der Waals surface area contributed by atoms with Gasteiger partial charge in [-0.3, -0.25) is 18.9 Å². The topological polar surface area (TPSA) is 132 Å². The summed E-state index contributed by atoms with van der Waals surface area (Å²) < 4.78 is 85.4. The van der Waals surface area contributed by atoms with Crippen LogP contribution in [0.25, 0.3) is 0 Å². The third-order valence-corrected chi connectivity index (χ3v) is 5.51. The molecule has 0 radical (unpaired) electrons. The maximum Gasteiger partial charge on any atom is 0.431 e. The predicted octanol–water partition coefficient (Wildman–Crippen LogP) is 0.543. The number of fused-ring (bicyclic) bond motifs is 2. The number of ketones is 3. The number of halogens is 4. The van der Waals surface area contributed by atoms with Gasteiger partial charge in [-0.25, -0.2) is 4.79 Å². The number of rotatable bonds is 7. The zero-order valence-corrected chi connectivity index (χ0v) is 13.7. The minimum absolute atomic E-state index is 0.0901.